The van der Waals surface area contributed by atoms with E-state index in [0.29, 0.717) is 0 Å². The van der Waals surface area contributed by atoms with Gasteiger partial charge >= 0.3 is 0 Å². The van der Waals surface area contributed by atoms with Crippen molar-refractivity contribution in [3.63, 3.8) is 0 Å². The smallest absolute Gasteiger partial charge is 0.0634 e. The van der Waals surface area contributed by atoms with Crippen LogP contribution in [0.25, 0.3) is 0 Å². The quantitative estimate of drug-likeness (QED) is 0.743. The molecule has 1 aromatic heterocycles. The number of pyridine rings is 1. The first-order valence-electron chi connectivity index (χ1n) is 5.00. The second-order valence-corrected chi connectivity index (χ2v) is 4.93. The maximum absolute atomic E-state index is 6.02. The Balaban J connectivity index is 2.44. The zero-order chi connectivity index (χ0) is 11.3. The van der Waals surface area contributed by atoms with Crippen molar-refractivity contribution in [3.8, 4) is 0 Å². The molecule has 0 N–H and O–H groups in total. The van der Waals surface area contributed by atoms with Gasteiger partial charge in [0.05, 0.1) is 5.02 Å². The molecule has 15 heavy (non-hydrogen) atoms. The van der Waals surface area contributed by atoms with Crippen molar-refractivity contribution in [1.82, 2.24) is 9.88 Å². The Morgan fingerprint density at radius 3 is 2.87 bits per heavy atom. The molecule has 0 bridgehead atoms. The molecular formula is C11H16Cl2N2. The molecule has 0 fully saturated rings. The number of halogens is 2. The van der Waals surface area contributed by atoms with Crippen LogP contribution in [0.1, 0.15) is 18.9 Å². The first-order chi connectivity index (χ1) is 7.09. The molecule has 0 saturated heterocycles. The third kappa shape index (κ3) is 4.83. The molecule has 0 amide bonds. The van der Waals surface area contributed by atoms with Crippen molar-refractivity contribution in [2.75, 3.05) is 13.6 Å². The molecule has 1 rings (SSSR count). The Bertz CT molecular complexity index is 302. The Morgan fingerprint density at radius 2 is 2.27 bits per heavy atom. The van der Waals surface area contributed by atoms with Crippen LogP contribution in [0.3, 0.4) is 0 Å². The maximum Gasteiger partial charge on any atom is 0.0634 e. The highest BCUT2D eigenvalue weighted by Crippen LogP contribution is 2.15. The van der Waals surface area contributed by atoms with Gasteiger partial charge in [0.2, 0.25) is 0 Å². The van der Waals surface area contributed by atoms with E-state index in [4.69, 9.17) is 23.2 Å². The first kappa shape index (κ1) is 12.8. The molecule has 0 aliphatic carbocycles. The van der Waals surface area contributed by atoms with Crippen molar-refractivity contribution in [2.24, 2.45) is 0 Å². The van der Waals surface area contributed by atoms with Crippen molar-refractivity contribution in [1.29, 1.82) is 0 Å². The van der Waals surface area contributed by atoms with E-state index in [-0.39, 0.29) is 5.38 Å². The van der Waals surface area contributed by atoms with Gasteiger partial charge in [-0.2, -0.15) is 0 Å². The summed E-state index contributed by atoms with van der Waals surface area (Å²) in [5.74, 6) is 0. The fourth-order valence-corrected chi connectivity index (χ4v) is 1.58. The average molecular weight is 247 g/mol. The van der Waals surface area contributed by atoms with Crippen molar-refractivity contribution in [2.45, 2.75) is 25.3 Å². The van der Waals surface area contributed by atoms with Gasteiger partial charge in [0.25, 0.3) is 0 Å². The SMILES string of the molecule is CC(Cl)CCN(C)Cc1ccncc1Cl. The minimum atomic E-state index is 0.223. The second-order valence-electron chi connectivity index (χ2n) is 3.77. The number of rotatable bonds is 5. The van der Waals surface area contributed by atoms with E-state index >= 15 is 0 Å². The number of hydrogen-bond donors (Lipinski definition) is 0. The molecule has 0 aliphatic heterocycles. The minimum Gasteiger partial charge on any atom is -0.302 e. The van der Waals surface area contributed by atoms with Crippen LogP contribution in [-0.2, 0) is 6.54 Å². The fourth-order valence-electron chi connectivity index (χ4n) is 1.30. The molecule has 0 spiro atoms. The average Bonchev–Trinajstić information content (AvgIpc) is 2.18. The maximum atomic E-state index is 6.02. The third-order valence-corrected chi connectivity index (χ3v) is 2.76. The second kappa shape index (κ2) is 6.31. The van der Waals surface area contributed by atoms with Crippen molar-refractivity contribution in [3.05, 3.63) is 29.0 Å². The highest BCUT2D eigenvalue weighted by atomic mass is 35.5. The predicted molar refractivity (Wildman–Crippen MR) is 65.5 cm³/mol. The summed E-state index contributed by atoms with van der Waals surface area (Å²) in [5, 5.41) is 0.948. The Hall–Kier alpha value is -0.310. The van der Waals surface area contributed by atoms with Crippen LogP contribution in [0.5, 0.6) is 0 Å². The predicted octanol–water partition coefficient (Wildman–Crippen LogP) is 3.18. The Labute approximate surface area is 101 Å². The minimum absolute atomic E-state index is 0.223. The van der Waals surface area contributed by atoms with Crippen LogP contribution in [-0.4, -0.2) is 28.9 Å². The molecule has 2 nitrogen and oxygen atoms in total. The normalized spacial score (nSPS) is 13.1. The lowest BCUT2D eigenvalue weighted by Gasteiger charge is -2.17. The molecule has 0 radical (unpaired) electrons. The molecular weight excluding hydrogens is 231 g/mol. The monoisotopic (exact) mass is 246 g/mol. The van der Waals surface area contributed by atoms with E-state index in [9.17, 15) is 0 Å². The summed E-state index contributed by atoms with van der Waals surface area (Å²) in [6, 6.07) is 1.95. The summed E-state index contributed by atoms with van der Waals surface area (Å²) < 4.78 is 0. The number of hydrogen-bond acceptors (Lipinski definition) is 2. The lowest BCUT2D eigenvalue weighted by atomic mass is 10.2. The van der Waals surface area contributed by atoms with Crippen LogP contribution >= 0.6 is 23.2 Å². The van der Waals surface area contributed by atoms with Crippen LogP contribution in [0.2, 0.25) is 5.02 Å². The van der Waals surface area contributed by atoms with E-state index in [2.05, 4.69) is 16.9 Å². The summed E-state index contributed by atoms with van der Waals surface area (Å²) in [7, 11) is 2.07. The summed E-state index contributed by atoms with van der Waals surface area (Å²) in [6.45, 7) is 3.82. The van der Waals surface area contributed by atoms with Gasteiger partial charge in [0.1, 0.15) is 0 Å². The Morgan fingerprint density at radius 1 is 1.53 bits per heavy atom. The van der Waals surface area contributed by atoms with E-state index in [1.165, 1.54) is 0 Å². The van der Waals surface area contributed by atoms with Crippen LogP contribution in [0.4, 0.5) is 0 Å². The zero-order valence-corrected chi connectivity index (χ0v) is 10.6. The molecule has 1 aromatic rings. The van der Waals surface area contributed by atoms with Gasteiger partial charge in [-0.05, 0) is 38.6 Å². The largest absolute Gasteiger partial charge is 0.302 e. The number of aromatic nitrogens is 1. The van der Waals surface area contributed by atoms with E-state index < -0.39 is 0 Å². The number of nitrogens with zero attached hydrogens (tertiary/aromatic N) is 2. The van der Waals surface area contributed by atoms with E-state index in [0.717, 1.165) is 30.1 Å². The lowest BCUT2D eigenvalue weighted by molar-refractivity contribution is 0.321. The third-order valence-electron chi connectivity index (χ3n) is 2.21. The molecule has 0 aromatic carbocycles. The molecule has 1 atom stereocenters. The van der Waals surface area contributed by atoms with Gasteiger partial charge in [0, 0.05) is 24.3 Å². The standard InChI is InChI=1S/C11H16Cl2N2/c1-9(12)4-6-15(2)8-10-3-5-14-7-11(10)13/h3,5,7,9H,4,6,8H2,1-2H3. The number of alkyl halides is 1. The fraction of sp³-hybridized carbons (Fsp3) is 0.545. The van der Waals surface area contributed by atoms with Crippen LogP contribution in [0.15, 0.2) is 18.5 Å². The van der Waals surface area contributed by atoms with Gasteiger partial charge in [-0.25, -0.2) is 0 Å². The summed E-state index contributed by atoms with van der Waals surface area (Å²) in [4.78, 5) is 6.16. The van der Waals surface area contributed by atoms with Crippen molar-refractivity contribution >= 4 is 23.2 Å². The molecule has 4 heteroatoms. The van der Waals surface area contributed by atoms with E-state index in [1.807, 2.05) is 13.0 Å². The van der Waals surface area contributed by atoms with Crippen LogP contribution in [0, 0.1) is 0 Å². The first-order valence-corrected chi connectivity index (χ1v) is 5.82. The summed E-state index contributed by atoms with van der Waals surface area (Å²) in [6.07, 6.45) is 4.43. The van der Waals surface area contributed by atoms with E-state index in [1.54, 1.807) is 12.4 Å². The highest BCUT2D eigenvalue weighted by Gasteiger charge is 2.05. The van der Waals surface area contributed by atoms with Gasteiger partial charge in [0.15, 0.2) is 0 Å². The van der Waals surface area contributed by atoms with Crippen molar-refractivity contribution < 1.29 is 0 Å². The molecule has 0 saturated carbocycles. The molecule has 84 valence electrons. The summed E-state index contributed by atoms with van der Waals surface area (Å²) in [5.41, 5.74) is 1.11. The molecule has 1 heterocycles. The molecule has 0 aliphatic rings. The Kier molecular flexibility index (Phi) is 5.37. The molecule has 1 unspecified atom stereocenters. The highest BCUT2D eigenvalue weighted by molar-refractivity contribution is 6.31. The van der Waals surface area contributed by atoms with Gasteiger partial charge in [-0.1, -0.05) is 11.6 Å². The lowest BCUT2D eigenvalue weighted by Crippen LogP contribution is -2.21. The topological polar surface area (TPSA) is 16.1 Å². The van der Waals surface area contributed by atoms with Gasteiger partial charge in [-0.3, -0.25) is 4.98 Å². The van der Waals surface area contributed by atoms with Gasteiger partial charge < -0.3 is 4.90 Å². The summed E-state index contributed by atoms with van der Waals surface area (Å²) >= 11 is 11.9. The van der Waals surface area contributed by atoms with Crippen LogP contribution < -0.4 is 0 Å². The zero-order valence-electron chi connectivity index (χ0n) is 9.08. The van der Waals surface area contributed by atoms with Gasteiger partial charge in [-0.15, -0.1) is 11.6 Å².